The van der Waals surface area contributed by atoms with Crippen molar-refractivity contribution in [3.63, 3.8) is 0 Å². The van der Waals surface area contributed by atoms with Crippen molar-refractivity contribution in [1.82, 2.24) is 4.98 Å². The van der Waals surface area contributed by atoms with Crippen molar-refractivity contribution in [3.8, 4) is 0 Å². The molecule has 3 heteroatoms. The molecule has 0 atom stereocenters. The van der Waals surface area contributed by atoms with Gasteiger partial charge in [-0.2, -0.15) is 0 Å². The summed E-state index contributed by atoms with van der Waals surface area (Å²) in [6.07, 6.45) is 10.4. The number of rotatable bonds is 2. The summed E-state index contributed by atoms with van der Waals surface area (Å²) in [5.74, 6) is 1.72. The quantitative estimate of drug-likeness (QED) is 0.750. The minimum absolute atomic E-state index is 0.553. The molecule has 0 N–H and O–H groups in total. The Balaban J connectivity index is 1.71. The Labute approximate surface area is 121 Å². The lowest BCUT2D eigenvalue weighted by Crippen LogP contribution is -2.39. The van der Waals surface area contributed by atoms with Crippen LogP contribution < -0.4 is 4.90 Å². The maximum absolute atomic E-state index is 5.87. The van der Waals surface area contributed by atoms with E-state index in [9.17, 15) is 0 Å². The summed E-state index contributed by atoms with van der Waals surface area (Å²) in [5.41, 5.74) is 3.06. The van der Waals surface area contributed by atoms with Crippen LogP contribution in [0.1, 0.15) is 49.7 Å². The fourth-order valence-corrected chi connectivity index (χ4v) is 3.99. The van der Waals surface area contributed by atoms with Gasteiger partial charge in [0.1, 0.15) is 5.82 Å². The summed E-state index contributed by atoms with van der Waals surface area (Å²) in [7, 11) is 0. The van der Waals surface area contributed by atoms with E-state index in [0.717, 1.165) is 5.56 Å². The summed E-state index contributed by atoms with van der Waals surface area (Å²) in [6, 6.07) is 2.18. The Morgan fingerprint density at radius 3 is 2.47 bits per heavy atom. The van der Waals surface area contributed by atoms with Gasteiger partial charge in [0.15, 0.2) is 0 Å². The molecule has 104 valence electrons. The highest BCUT2D eigenvalue weighted by atomic mass is 35.5. The molecule has 1 aromatic rings. The largest absolute Gasteiger partial charge is 0.356 e. The second kappa shape index (κ2) is 5.32. The molecule has 1 saturated carbocycles. The molecule has 0 amide bonds. The minimum atomic E-state index is 0.553. The van der Waals surface area contributed by atoms with E-state index in [1.165, 1.54) is 63.0 Å². The van der Waals surface area contributed by atoms with Crippen molar-refractivity contribution < 1.29 is 0 Å². The third-order valence-electron chi connectivity index (χ3n) is 5.05. The molecule has 19 heavy (non-hydrogen) atoms. The van der Waals surface area contributed by atoms with E-state index in [1.807, 2.05) is 6.20 Å². The van der Waals surface area contributed by atoms with E-state index >= 15 is 0 Å². The highest BCUT2D eigenvalue weighted by Crippen LogP contribution is 2.46. The molecule has 2 fully saturated rings. The first-order valence-corrected chi connectivity index (χ1v) is 8.02. The Bertz CT molecular complexity index is 442. The molecule has 1 aliphatic carbocycles. The second-order valence-corrected chi connectivity index (χ2v) is 6.58. The van der Waals surface area contributed by atoms with Crippen LogP contribution in [0.15, 0.2) is 12.3 Å². The van der Waals surface area contributed by atoms with E-state index in [1.54, 1.807) is 0 Å². The molecule has 0 unspecified atom stereocenters. The van der Waals surface area contributed by atoms with E-state index in [0.29, 0.717) is 11.3 Å². The van der Waals surface area contributed by atoms with Crippen LogP contribution >= 0.6 is 11.6 Å². The minimum Gasteiger partial charge on any atom is -0.356 e. The molecular formula is C16H23ClN2. The zero-order valence-electron chi connectivity index (χ0n) is 11.8. The molecule has 2 heterocycles. The Morgan fingerprint density at radius 1 is 1.21 bits per heavy atom. The molecule has 1 spiro atoms. The van der Waals surface area contributed by atoms with Crippen molar-refractivity contribution in [1.29, 1.82) is 0 Å². The maximum Gasteiger partial charge on any atom is 0.131 e. The molecule has 1 aliphatic heterocycles. The fraction of sp³-hybridized carbons (Fsp3) is 0.688. The Kier molecular flexibility index (Phi) is 3.70. The summed E-state index contributed by atoms with van der Waals surface area (Å²) >= 11 is 5.87. The van der Waals surface area contributed by atoms with Gasteiger partial charge in [-0.1, -0.05) is 12.8 Å². The molecule has 0 radical (unpaired) electrons. The molecule has 2 nitrogen and oxygen atoms in total. The third-order valence-corrected chi connectivity index (χ3v) is 5.36. The van der Waals surface area contributed by atoms with Gasteiger partial charge in [0.05, 0.1) is 0 Å². The van der Waals surface area contributed by atoms with Gasteiger partial charge in [0.25, 0.3) is 0 Å². The topological polar surface area (TPSA) is 16.1 Å². The van der Waals surface area contributed by atoms with Crippen molar-refractivity contribution in [3.05, 3.63) is 23.4 Å². The first-order chi connectivity index (χ1) is 9.22. The zero-order valence-corrected chi connectivity index (χ0v) is 12.5. The summed E-state index contributed by atoms with van der Waals surface area (Å²) in [5, 5.41) is 0. The fourth-order valence-electron chi connectivity index (χ4n) is 3.85. The smallest absolute Gasteiger partial charge is 0.131 e. The Hall–Kier alpha value is -0.760. The zero-order chi connectivity index (χ0) is 13.3. The number of aryl methyl sites for hydroxylation is 1. The summed E-state index contributed by atoms with van der Waals surface area (Å²) in [6.45, 7) is 4.50. The van der Waals surface area contributed by atoms with Crippen LogP contribution in [0.5, 0.6) is 0 Å². The first kappa shape index (κ1) is 13.2. The van der Waals surface area contributed by atoms with Crippen molar-refractivity contribution >= 4 is 17.4 Å². The normalized spacial score (nSPS) is 22.1. The monoisotopic (exact) mass is 278 g/mol. The van der Waals surface area contributed by atoms with E-state index in [2.05, 4.69) is 22.9 Å². The second-order valence-electron chi connectivity index (χ2n) is 6.31. The lowest BCUT2D eigenvalue weighted by Gasteiger charge is -2.40. The standard InChI is InChI=1S/C16H23ClN2/c1-13-10-14(11-17)12-18-15(13)19-8-6-16(7-9-19)4-2-3-5-16/h10,12H,2-9,11H2,1H3. The predicted octanol–water partition coefficient (Wildman–Crippen LogP) is 4.29. The SMILES string of the molecule is Cc1cc(CCl)cnc1N1CCC2(CCCC2)CC1. The van der Waals surface area contributed by atoms with Gasteiger partial charge in [-0.05, 0) is 55.2 Å². The van der Waals surface area contributed by atoms with Gasteiger partial charge in [-0.3, -0.25) is 0 Å². The first-order valence-electron chi connectivity index (χ1n) is 7.49. The van der Waals surface area contributed by atoms with Crippen molar-refractivity contribution in [2.24, 2.45) is 5.41 Å². The maximum atomic E-state index is 5.87. The van der Waals surface area contributed by atoms with Crippen molar-refractivity contribution in [2.75, 3.05) is 18.0 Å². The molecule has 1 aromatic heterocycles. The van der Waals surface area contributed by atoms with Crippen LogP contribution in [-0.2, 0) is 5.88 Å². The number of hydrogen-bond donors (Lipinski definition) is 0. The average Bonchev–Trinajstić information content (AvgIpc) is 2.88. The number of aromatic nitrogens is 1. The summed E-state index contributed by atoms with van der Waals surface area (Å²) < 4.78 is 0. The lowest BCUT2D eigenvalue weighted by molar-refractivity contribution is 0.226. The van der Waals surface area contributed by atoms with Gasteiger partial charge in [-0.25, -0.2) is 4.98 Å². The van der Waals surface area contributed by atoms with Crippen LogP contribution in [0, 0.1) is 12.3 Å². The van der Waals surface area contributed by atoms with Crippen LogP contribution in [0.25, 0.3) is 0 Å². The number of halogens is 1. The average molecular weight is 279 g/mol. The van der Waals surface area contributed by atoms with Gasteiger partial charge in [0.2, 0.25) is 0 Å². The Morgan fingerprint density at radius 2 is 1.89 bits per heavy atom. The van der Waals surface area contributed by atoms with Gasteiger partial charge < -0.3 is 4.90 Å². The lowest BCUT2D eigenvalue weighted by atomic mass is 9.77. The van der Waals surface area contributed by atoms with Crippen LogP contribution in [0.2, 0.25) is 0 Å². The number of piperidine rings is 1. The van der Waals surface area contributed by atoms with E-state index in [4.69, 9.17) is 11.6 Å². The third kappa shape index (κ3) is 2.60. The van der Waals surface area contributed by atoms with E-state index in [-0.39, 0.29) is 0 Å². The highest BCUT2D eigenvalue weighted by molar-refractivity contribution is 6.17. The predicted molar refractivity (Wildman–Crippen MR) is 80.9 cm³/mol. The van der Waals surface area contributed by atoms with Crippen LogP contribution in [0.3, 0.4) is 0 Å². The molecule has 0 bridgehead atoms. The molecule has 1 saturated heterocycles. The number of alkyl halides is 1. The number of pyridine rings is 1. The number of nitrogens with zero attached hydrogens (tertiary/aromatic N) is 2. The van der Waals surface area contributed by atoms with Crippen LogP contribution in [0.4, 0.5) is 5.82 Å². The van der Waals surface area contributed by atoms with Gasteiger partial charge in [0, 0.05) is 25.2 Å². The summed E-state index contributed by atoms with van der Waals surface area (Å²) in [4.78, 5) is 7.10. The molecule has 3 rings (SSSR count). The molecule has 0 aromatic carbocycles. The number of hydrogen-bond acceptors (Lipinski definition) is 2. The van der Waals surface area contributed by atoms with Crippen molar-refractivity contribution in [2.45, 2.75) is 51.3 Å². The number of anilines is 1. The highest BCUT2D eigenvalue weighted by Gasteiger charge is 2.37. The van der Waals surface area contributed by atoms with Gasteiger partial charge in [-0.15, -0.1) is 11.6 Å². The van der Waals surface area contributed by atoms with Crippen LogP contribution in [-0.4, -0.2) is 18.1 Å². The molecular weight excluding hydrogens is 256 g/mol. The van der Waals surface area contributed by atoms with E-state index < -0.39 is 0 Å². The van der Waals surface area contributed by atoms with Gasteiger partial charge >= 0.3 is 0 Å². The molecule has 2 aliphatic rings.